The van der Waals surface area contributed by atoms with Crippen LogP contribution in [0.4, 0.5) is 26.3 Å². The third-order valence-electron chi connectivity index (χ3n) is 2.72. The minimum absolute atomic E-state index is 0.429. The molecule has 0 fully saturated rings. The first-order chi connectivity index (χ1) is 10.2. The van der Waals surface area contributed by atoms with E-state index < -0.39 is 35.5 Å². The summed E-state index contributed by atoms with van der Waals surface area (Å²) in [5.41, 5.74) is 0.859. The number of aryl methyl sites for hydroxylation is 2. The lowest BCUT2D eigenvalue weighted by Crippen LogP contribution is -2.61. The molecule has 0 aliphatic carbocycles. The summed E-state index contributed by atoms with van der Waals surface area (Å²) in [5, 5.41) is 7.97. The number of esters is 1. The van der Waals surface area contributed by atoms with Crippen LogP contribution in [0, 0.1) is 13.8 Å². The second-order valence-electron chi connectivity index (χ2n) is 4.74. The lowest BCUT2D eigenvalue weighted by molar-refractivity contribution is -0.297. The molecule has 23 heavy (non-hydrogen) atoms. The number of alkyl halides is 6. The van der Waals surface area contributed by atoms with E-state index in [-0.39, 0.29) is 0 Å². The Balaban J connectivity index is 3.16. The first kappa shape index (κ1) is 18.8. The lowest BCUT2D eigenvalue weighted by Gasteiger charge is -2.28. The van der Waals surface area contributed by atoms with E-state index in [1.165, 1.54) is 13.8 Å². The second-order valence-corrected chi connectivity index (χ2v) is 4.74. The summed E-state index contributed by atoms with van der Waals surface area (Å²) in [6.45, 7) is 2.96. The highest BCUT2D eigenvalue weighted by atomic mass is 19.3. The van der Waals surface area contributed by atoms with Gasteiger partial charge in [-0.1, -0.05) is 6.07 Å². The third-order valence-corrected chi connectivity index (χ3v) is 2.72. The van der Waals surface area contributed by atoms with Gasteiger partial charge in [0.1, 0.15) is 5.75 Å². The summed E-state index contributed by atoms with van der Waals surface area (Å²) in [6.07, 6.45) is 0. The highest BCUT2D eigenvalue weighted by molar-refractivity contribution is 5.85. The van der Waals surface area contributed by atoms with Crippen LogP contribution in [0.5, 0.6) is 5.75 Å². The van der Waals surface area contributed by atoms with Gasteiger partial charge in [-0.2, -0.15) is 26.3 Å². The van der Waals surface area contributed by atoms with Crippen LogP contribution >= 0.6 is 0 Å². The normalized spacial score (nSPS) is 12.9. The fourth-order valence-corrected chi connectivity index (χ4v) is 1.62. The molecule has 1 aromatic rings. The predicted octanol–water partition coefficient (Wildman–Crippen LogP) is 3.20. The van der Waals surface area contributed by atoms with Crippen molar-refractivity contribution in [3.8, 4) is 5.75 Å². The van der Waals surface area contributed by atoms with Crippen molar-refractivity contribution in [3.05, 3.63) is 29.3 Å². The molecule has 0 aliphatic heterocycles. The fraction of sp³-hybridized carbons (Fsp3) is 0.385. The zero-order valence-electron chi connectivity index (χ0n) is 11.7. The Bertz CT molecular complexity index is 621. The number of ether oxygens (including phenoxy) is 1. The Morgan fingerprint density at radius 1 is 0.913 bits per heavy atom. The van der Waals surface area contributed by atoms with Gasteiger partial charge in [0.05, 0.1) is 0 Å². The molecular weight excluding hydrogens is 334 g/mol. The second kappa shape index (κ2) is 5.74. The quantitative estimate of drug-likeness (QED) is 0.506. The molecule has 4 nitrogen and oxygen atoms in total. The topological polar surface area (TPSA) is 63.6 Å². The molecule has 0 bridgehead atoms. The maximum atomic E-state index is 13.4. The highest BCUT2D eigenvalue weighted by Gasteiger charge is 2.79. The van der Waals surface area contributed by atoms with Gasteiger partial charge < -0.3 is 9.84 Å². The molecule has 0 aromatic heterocycles. The monoisotopic (exact) mass is 344 g/mol. The van der Waals surface area contributed by atoms with Crippen molar-refractivity contribution in [1.82, 2.24) is 0 Å². The lowest BCUT2D eigenvalue weighted by atomic mass is 10.0. The SMILES string of the molecule is Cc1cc(C)cc(OC(=O)C(F)(F)C(F)(F)C(F)(F)C(=O)O)c1. The summed E-state index contributed by atoms with van der Waals surface area (Å²) in [4.78, 5) is 21.3. The third kappa shape index (κ3) is 3.25. The van der Waals surface area contributed by atoms with E-state index in [0.717, 1.165) is 12.1 Å². The molecule has 1 N–H and O–H groups in total. The molecule has 128 valence electrons. The summed E-state index contributed by atoms with van der Waals surface area (Å²) >= 11 is 0. The number of carboxylic acids is 1. The minimum atomic E-state index is -6.48. The molecule has 0 heterocycles. The molecule has 0 amide bonds. The average molecular weight is 344 g/mol. The van der Waals surface area contributed by atoms with E-state index >= 15 is 0 Å². The molecule has 0 aliphatic rings. The molecule has 0 atom stereocenters. The Labute approximate surface area is 125 Å². The van der Waals surface area contributed by atoms with Gasteiger partial charge in [0.2, 0.25) is 0 Å². The van der Waals surface area contributed by atoms with E-state index in [1.807, 2.05) is 0 Å². The molecule has 10 heteroatoms. The largest absolute Gasteiger partial charge is 0.477 e. The number of aliphatic carboxylic acids is 1. The first-order valence-electron chi connectivity index (χ1n) is 5.91. The molecule has 0 saturated carbocycles. The van der Waals surface area contributed by atoms with Crippen molar-refractivity contribution in [2.24, 2.45) is 0 Å². The zero-order chi connectivity index (χ0) is 18.2. The van der Waals surface area contributed by atoms with E-state index in [2.05, 4.69) is 4.74 Å². The summed E-state index contributed by atoms with van der Waals surface area (Å²) in [5.74, 6) is -25.8. The van der Waals surface area contributed by atoms with Gasteiger partial charge in [0.25, 0.3) is 0 Å². The van der Waals surface area contributed by atoms with Gasteiger partial charge in [0.15, 0.2) is 0 Å². The van der Waals surface area contributed by atoms with Crippen molar-refractivity contribution in [2.45, 2.75) is 31.6 Å². The number of carbonyl (C=O) groups is 2. The Morgan fingerprint density at radius 2 is 1.35 bits per heavy atom. The van der Waals surface area contributed by atoms with Gasteiger partial charge in [-0.3, -0.25) is 0 Å². The minimum Gasteiger partial charge on any atom is -0.477 e. The summed E-state index contributed by atoms with van der Waals surface area (Å²) in [6, 6.07) is 3.62. The van der Waals surface area contributed by atoms with Gasteiger partial charge in [-0.05, 0) is 37.1 Å². The Hall–Kier alpha value is -2.26. The Morgan fingerprint density at radius 3 is 1.74 bits per heavy atom. The smallest absolute Gasteiger partial charge is 0.411 e. The van der Waals surface area contributed by atoms with E-state index in [9.17, 15) is 35.9 Å². The van der Waals surface area contributed by atoms with Crippen molar-refractivity contribution in [2.75, 3.05) is 0 Å². The molecule has 0 radical (unpaired) electrons. The number of halogens is 6. The van der Waals surface area contributed by atoms with Crippen LogP contribution in [-0.4, -0.2) is 34.8 Å². The maximum Gasteiger partial charge on any atom is 0.411 e. The van der Waals surface area contributed by atoms with Gasteiger partial charge in [-0.25, -0.2) is 9.59 Å². The molecular formula is C13H10F6O4. The van der Waals surface area contributed by atoms with Crippen LogP contribution in [0.2, 0.25) is 0 Å². The summed E-state index contributed by atoms with van der Waals surface area (Å²) < 4.78 is 82.7. The molecule has 0 unspecified atom stereocenters. The van der Waals surface area contributed by atoms with Crippen molar-refractivity contribution < 1.29 is 45.8 Å². The molecule has 1 aromatic carbocycles. The average Bonchev–Trinajstić information content (AvgIpc) is 2.36. The molecule has 1 rings (SSSR count). The van der Waals surface area contributed by atoms with Crippen LogP contribution in [0.25, 0.3) is 0 Å². The molecule has 0 saturated heterocycles. The standard InChI is InChI=1S/C13H10F6O4/c1-6-3-7(2)5-8(4-6)23-10(22)12(16,17)13(18,19)11(14,15)9(20)21/h3-5H,1-2H3,(H,20,21). The first-order valence-corrected chi connectivity index (χ1v) is 5.91. The zero-order valence-corrected chi connectivity index (χ0v) is 11.7. The van der Waals surface area contributed by atoms with Crippen LogP contribution in [-0.2, 0) is 9.59 Å². The number of hydrogen-bond acceptors (Lipinski definition) is 3. The van der Waals surface area contributed by atoms with Crippen molar-refractivity contribution in [3.63, 3.8) is 0 Å². The number of carboxylic acid groups (broad SMARTS) is 1. The maximum absolute atomic E-state index is 13.4. The predicted molar refractivity (Wildman–Crippen MR) is 64.0 cm³/mol. The molecule has 0 spiro atoms. The number of hydrogen-bond donors (Lipinski definition) is 1. The number of carbonyl (C=O) groups excluding carboxylic acids is 1. The van der Waals surface area contributed by atoms with Crippen molar-refractivity contribution in [1.29, 1.82) is 0 Å². The van der Waals surface area contributed by atoms with E-state index in [1.54, 1.807) is 6.07 Å². The van der Waals surface area contributed by atoms with Crippen molar-refractivity contribution >= 4 is 11.9 Å². The van der Waals surface area contributed by atoms with E-state index in [0.29, 0.717) is 11.1 Å². The van der Waals surface area contributed by atoms with Gasteiger partial charge in [-0.15, -0.1) is 0 Å². The van der Waals surface area contributed by atoms with Crippen LogP contribution in [0.3, 0.4) is 0 Å². The van der Waals surface area contributed by atoms with Crippen LogP contribution in [0.1, 0.15) is 11.1 Å². The van der Waals surface area contributed by atoms with Crippen LogP contribution in [0.15, 0.2) is 18.2 Å². The summed E-state index contributed by atoms with van der Waals surface area (Å²) in [7, 11) is 0. The van der Waals surface area contributed by atoms with E-state index in [4.69, 9.17) is 5.11 Å². The Kier molecular flexibility index (Phi) is 4.69. The fourth-order valence-electron chi connectivity index (χ4n) is 1.62. The number of rotatable bonds is 5. The van der Waals surface area contributed by atoms with Gasteiger partial charge >= 0.3 is 29.7 Å². The highest BCUT2D eigenvalue weighted by Crippen LogP contribution is 2.46. The van der Waals surface area contributed by atoms with Gasteiger partial charge in [0, 0.05) is 0 Å². The van der Waals surface area contributed by atoms with Crippen LogP contribution < -0.4 is 4.74 Å². The number of benzene rings is 1.